The minimum absolute atomic E-state index is 0.0320. The van der Waals surface area contributed by atoms with Gasteiger partial charge in [0.2, 0.25) is 10.0 Å². The van der Waals surface area contributed by atoms with E-state index in [9.17, 15) is 34.8 Å². The van der Waals surface area contributed by atoms with Crippen molar-refractivity contribution in [2.45, 2.75) is 28.8 Å². The van der Waals surface area contributed by atoms with Gasteiger partial charge < -0.3 is 10.2 Å². The molecule has 2 aliphatic heterocycles. The number of alkyl halides is 3. The van der Waals surface area contributed by atoms with Gasteiger partial charge in [-0.2, -0.15) is 17.5 Å². The lowest BCUT2D eigenvalue weighted by Crippen LogP contribution is -2.64. The Labute approximate surface area is 195 Å². The minimum Gasteiger partial charge on any atom is -0.319 e. The number of urea groups is 1. The molecular weight excluding hydrogens is 495 g/mol. The molecule has 13 heteroatoms. The van der Waals surface area contributed by atoms with E-state index >= 15 is 0 Å². The van der Waals surface area contributed by atoms with Crippen LogP contribution in [0, 0.1) is 0 Å². The Morgan fingerprint density at radius 2 is 1.74 bits per heavy atom. The summed E-state index contributed by atoms with van der Waals surface area (Å²) in [5.74, 6) is -0.339. The number of piperidine rings is 1. The Bertz CT molecular complexity index is 1280. The zero-order valence-electron chi connectivity index (χ0n) is 17.8. The van der Waals surface area contributed by atoms with Crippen LogP contribution in [0.3, 0.4) is 0 Å². The van der Waals surface area contributed by atoms with Crippen molar-refractivity contribution < 1.29 is 34.8 Å². The predicted molar refractivity (Wildman–Crippen MR) is 118 cm³/mol. The maximum absolute atomic E-state index is 13.1. The molecule has 0 aliphatic carbocycles. The number of nitrogens with zero attached hydrogens (tertiary/aromatic N) is 2. The number of halogens is 3. The highest BCUT2D eigenvalue weighted by atomic mass is 32.2. The molecular formula is C21H22F3N3O5S2. The van der Waals surface area contributed by atoms with Crippen LogP contribution < -0.4 is 5.32 Å². The third kappa shape index (κ3) is 4.77. The maximum atomic E-state index is 13.1. The summed E-state index contributed by atoms with van der Waals surface area (Å²) >= 11 is 0. The van der Waals surface area contributed by atoms with Crippen LogP contribution in [-0.4, -0.2) is 68.8 Å². The highest BCUT2D eigenvalue weighted by molar-refractivity contribution is 7.92. The molecule has 2 fully saturated rings. The molecule has 184 valence electrons. The van der Waals surface area contributed by atoms with Gasteiger partial charge >= 0.3 is 12.2 Å². The van der Waals surface area contributed by atoms with Crippen molar-refractivity contribution in [3.8, 4) is 0 Å². The molecule has 8 nitrogen and oxygen atoms in total. The van der Waals surface area contributed by atoms with Gasteiger partial charge in [0.05, 0.1) is 27.5 Å². The van der Waals surface area contributed by atoms with Crippen molar-refractivity contribution in [2.75, 3.05) is 30.7 Å². The fourth-order valence-corrected chi connectivity index (χ4v) is 7.84. The molecule has 2 atom stereocenters. The van der Waals surface area contributed by atoms with Gasteiger partial charge in [-0.15, -0.1) is 0 Å². The number of amides is 2. The largest absolute Gasteiger partial charge is 0.416 e. The predicted octanol–water partition coefficient (Wildman–Crippen LogP) is 2.80. The third-order valence-corrected chi connectivity index (χ3v) is 10.0. The molecule has 34 heavy (non-hydrogen) atoms. The average Bonchev–Trinajstić information content (AvgIpc) is 2.79. The van der Waals surface area contributed by atoms with Crippen LogP contribution in [0.1, 0.15) is 12.0 Å². The summed E-state index contributed by atoms with van der Waals surface area (Å²) in [5, 5.41) is 1.53. The summed E-state index contributed by atoms with van der Waals surface area (Å²) in [6.45, 7) is -0.617. The molecule has 0 bridgehead atoms. The highest BCUT2D eigenvalue weighted by Gasteiger charge is 2.48. The first kappa shape index (κ1) is 24.5. The molecule has 0 aromatic heterocycles. The molecule has 2 aromatic rings. The number of sulfone groups is 1. The number of rotatable bonds is 3. The SMILES string of the molecule is O=C(Nc1ccccc1)N1CCS(=O)(=O)C2CN(S(=O)(=O)c3cccc(C(F)(F)F)c3)CCC21. The topological polar surface area (TPSA) is 104 Å². The van der Waals surface area contributed by atoms with Gasteiger partial charge in [-0.05, 0) is 36.8 Å². The Morgan fingerprint density at radius 3 is 2.41 bits per heavy atom. The van der Waals surface area contributed by atoms with E-state index < -0.39 is 60.4 Å². The normalized spacial score (nSPS) is 23.2. The molecule has 1 N–H and O–H groups in total. The van der Waals surface area contributed by atoms with Crippen molar-refractivity contribution in [1.29, 1.82) is 0 Å². The van der Waals surface area contributed by atoms with Gasteiger partial charge in [0.25, 0.3) is 0 Å². The molecule has 2 aromatic carbocycles. The molecule has 2 aliphatic rings. The second kappa shape index (κ2) is 8.86. The number of sulfonamides is 1. The smallest absolute Gasteiger partial charge is 0.319 e. The summed E-state index contributed by atoms with van der Waals surface area (Å²) in [4.78, 5) is 13.7. The van der Waals surface area contributed by atoms with E-state index in [4.69, 9.17) is 0 Å². The van der Waals surface area contributed by atoms with Gasteiger partial charge in [0.1, 0.15) is 0 Å². The molecule has 0 radical (unpaired) electrons. The fourth-order valence-electron chi connectivity index (χ4n) is 4.30. The van der Waals surface area contributed by atoms with Gasteiger partial charge in [-0.25, -0.2) is 21.6 Å². The van der Waals surface area contributed by atoms with Crippen molar-refractivity contribution in [3.63, 3.8) is 0 Å². The third-order valence-electron chi connectivity index (χ3n) is 6.05. The van der Waals surface area contributed by atoms with Crippen LogP contribution in [0.15, 0.2) is 59.5 Å². The van der Waals surface area contributed by atoms with Crippen LogP contribution in [0.25, 0.3) is 0 Å². The number of carbonyl (C=O) groups excluding carboxylic acids is 1. The summed E-state index contributed by atoms with van der Waals surface area (Å²) in [6, 6.07) is 10.7. The Hall–Kier alpha value is -2.64. The minimum atomic E-state index is -4.72. The number of hydrogen-bond acceptors (Lipinski definition) is 5. The van der Waals surface area contributed by atoms with Gasteiger partial charge in [-0.3, -0.25) is 0 Å². The maximum Gasteiger partial charge on any atom is 0.416 e. The Kier molecular flexibility index (Phi) is 6.38. The first-order valence-corrected chi connectivity index (χ1v) is 13.6. The monoisotopic (exact) mass is 517 g/mol. The van der Waals surface area contributed by atoms with Crippen molar-refractivity contribution >= 4 is 31.6 Å². The number of fused-ring (bicyclic) bond motifs is 1. The zero-order chi connectivity index (χ0) is 24.7. The average molecular weight is 518 g/mol. The van der Waals surface area contributed by atoms with Crippen LogP contribution in [0.4, 0.5) is 23.7 Å². The van der Waals surface area contributed by atoms with E-state index in [1.54, 1.807) is 30.3 Å². The molecule has 2 unspecified atom stereocenters. The second-order valence-electron chi connectivity index (χ2n) is 8.14. The van der Waals surface area contributed by atoms with Crippen LogP contribution in [0.2, 0.25) is 0 Å². The van der Waals surface area contributed by atoms with Crippen molar-refractivity contribution in [3.05, 3.63) is 60.2 Å². The number of para-hydroxylation sites is 1. The van der Waals surface area contributed by atoms with Crippen LogP contribution in [0.5, 0.6) is 0 Å². The van der Waals surface area contributed by atoms with Gasteiger partial charge in [0, 0.05) is 25.3 Å². The molecule has 2 saturated heterocycles. The highest BCUT2D eigenvalue weighted by Crippen LogP contribution is 2.34. The number of benzene rings is 2. The van der Waals surface area contributed by atoms with Crippen molar-refractivity contribution in [2.24, 2.45) is 0 Å². The molecule has 0 spiro atoms. The summed E-state index contributed by atoms with van der Waals surface area (Å²) in [5.41, 5.74) is -0.584. The van der Waals surface area contributed by atoms with Gasteiger partial charge in [0.15, 0.2) is 9.84 Å². The van der Waals surface area contributed by atoms with E-state index in [0.717, 1.165) is 22.5 Å². The number of hydrogen-bond donors (Lipinski definition) is 1. The lowest BCUT2D eigenvalue weighted by atomic mass is 10.0. The first-order valence-electron chi connectivity index (χ1n) is 10.4. The summed E-state index contributed by atoms with van der Waals surface area (Å²) in [6.07, 6.45) is -4.69. The molecule has 2 heterocycles. The quantitative estimate of drug-likeness (QED) is 0.675. The van der Waals surface area contributed by atoms with E-state index in [1.165, 1.54) is 4.90 Å². The first-order chi connectivity index (χ1) is 15.9. The van der Waals surface area contributed by atoms with E-state index in [1.807, 2.05) is 0 Å². The van der Waals surface area contributed by atoms with Gasteiger partial charge in [-0.1, -0.05) is 24.3 Å². The number of anilines is 1. The standard InChI is InChI=1S/C21H22F3N3O5S2/c22-21(23,24)15-5-4-8-17(13-15)34(31,32)26-10-9-18-19(14-26)33(29,30)12-11-27(18)20(28)25-16-6-2-1-3-7-16/h1-8,13,18-19H,9-12,14H2,(H,25,28). The lowest BCUT2D eigenvalue weighted by molar-refractivity contribution is -0.137. The molecule has 4 rings (SSSR count). The fraction of sp³-hybridized carbons (Fsp3) is 0.381. The Morgan fingerprint density at radius 1 is 1.03 bits per heavy atom. The van der Waals surface area contributed by atoms with E-state index in [2.05, 4.69) is 5.32 Å². The van der Waals surface area contributed by atoms with Crippen LogP contribution in [-0.2, 0) is 26.0 Å². The second-order valence-corrected chi connectivity index (χ2v) is 12.4. The lowest BCUT2D eigenvalue weighted by Gasteiger charge is -2.45. The van der Waals surface area contributed by atoms with E-state index in [0.29, 0.717) is 11.8 Å². The van der Waals surface area contributed by atoms with E-state index in [-0.39, 0.29) is 25.3 Å². The number of nitrogens with one attached hydrogen (secondary N) is 1. The zero-order valence-corrected chi connectivity index (χ0v) is 19.4. The Balaban J connectivity index is 1.57. The van der Waals surface area contributed by atoms with Crippen molar-refractivity contribution in [1.82, 2.24) is 9.21 Å². The molecule has 0 saturated carbocycles. The summed E-state index contributed by atoms with van der Waals surface area (Å²) in [7, 11) is -8.12. The van der Waals surface area contributed by atoms with Crippen LogP contribution >= 0.6 is 0 Å². The molecule has 2 amide bonds. The summed E-state index contributed by atoms with van der Waals surface area (Å²) < 4.78 is 91.9. The number of carbonyl (C=O) groups is 1.